The quantitative estimate of drug-likeness (QED) is 0.372. The first kappa shape index (κ1) is 26.0. The van der Waals surface area contributed by atoms with Crippen LogP contribution in [0.3, 0.4) is 0 Å². The Morgan fingerprint density at radius 1 is 0.763 bits per heavy atom. The number of nitrogens with zero attached hydrogens (tertiary/aromatic N) is 3. The van der Waals surface area contributed by atoms with Gasteiger partial charge < -0.3 is 14.4 Å². The van der Waals surface area contributed by atoms with Gasteiger partial charge in [-0.05, 0) is 79.3 Å². The van der Waals surface area contributed by atoms with E-state index in [0.717, 1.165) is 62.0 Å². The Morgan fingerprint density at radius 3 is 1.95 bits per heavy atom. The number of hydrogen-bond acceptors (Lipinski definition) is 3. The number of rotatable bonds is 7. The largest absolute Gasteiger partial charge is 0.343 e. The van der Waals surface area contributed by atoms with Gasteiger partial charge in [-0.25, -0.2) is 8.78 Å². The van der Waals surface area contributed by atoms with Gasteiger partial charge in [0, 0.05) is 51.4 Å². The first-order valence-electron chi connectivity index (χ1n) is 13.3. The smallest absolute Gasteiger partial charge is 0.270 e. The Morgan fingerprint density at radius 2 is 1.34 bits per heavy atom. The number of aromatic nitrogens is 1. The van der Waals surface area contributed by atoms with E-state index in [9.17, 15) is 18.4 Å². The minimum absolute atomic E-state index is 0.0364. The highest BCUT2D eigenvalue weighted by atomic mass is 19.1. The molecule has 0 saturated carbocycles. The number of Topliss-reactive ketones (excluding diaryl/α,β-unsaturated/α-hetero) is 1. The van der Waals surface area contributed by atoms with Crippen molar-refractivity contribution in [2.75, 3.05) is 33.2 Å². The second-order valence-electron chi connectivity index (χ2n) is 10.2. The van der Waals surface area contributed by atoms with E-state index in [1.165, 1.54) is 29.8 Å². The first-order valence-corrected chi connectivity index (χ1v) is 13.3. The Bertz CT molecular complexity index is 1280. The second-order valence-corrected chi connectivity index (χ2v) is 10.2. The topological polar surface area (TPSA) is 45.6 Å². The van der Waals surface area contributed by atoms with Gasteiger partial charge in [0.2, 0.25) is 0 Å². The van der Waals surface area contributed by atoms with Crippen LogP contribution in [0.25, 0.3) is 5.57 Å². The van der Waals surface area contributed by atoms with Gasteiger partial charge in [0.15, 0.2) is 5.78 Å². The summed E-state index contributed by atoms with van der Waals surface area (Å²) in [6.45, 7) is 3.99. The molecular formula is C31H33F2N3O2. The molecule has 1 fully saturated rings. The molecule has 0 bridgehead atoms. The molecule has 3 heterocycles. The number of aryl methyl sites for hydroxylation is 1. The molecule has 38 heavy (non-hydrogen) atoms. The van der Waals surface area contributed by atoms with Gasteiger partial charge in [0.25, 0.3) is 5.91 Å². The van der Waals surface area contributed by atoms with Gasteiger partial charge in [-0.1, -0.05) is 29.8 Å². The minimum Gasteiger partial charge on any atom is -0.343 e. The Balaban J connectivity index is 1.20. The maximum atomic E-state index is 13.6. The summed E-state index contributed by atoms with van der Waals surface area (Å²) < 4.78 is 29.1. The van der Waals surface area contributed by atoms with Crippen LogP contribution in [0.2, 0.25) is 0 Å². The molecular weight excluding hydrogens is 484 g/mol. The summed E-state index contributed by atoms with van der Waals surface area (Å²) in [5.41, 5.74) is 5.35. The van der Waals surface area contributed by atoms with E-state index >= 15 is 0 Å². The molecule has 2 aromatic carbocycles. The van der Waals surface area contributed by atoms with Gasteiger partial charge in [0.1, 0.15) is 17.3 Å². The average Bonchev–Trinajstić information content (AvgIpc) is 3.32. The lowest BCUT2D eigenvalue weighted by Gasteiger charge is -2.30. The van der Waals surface area contributed by atoms with Gasteiger partial charge in [-0.15, -0.1) is 0 Å². The van der Waals surface area contributed by atoms with Crippen molar-refractivity contribution in [3.05, 3.63) is 100 Å². The predicted octanol–water partition coefficient (Wildman–Crippen LogP) is 5.80. The third-order valence-corrected chi connectivity index (χ3v) is 7.69. The van der Waals surface area contributed by atoms with Crippen molar-refractivity contribution >= 4 is 17.3 Å². The molecule has 3 aromatic rings. The number of hydrogen-bond donors (Lipinski definition) is 0. The fourth-order valence-corrected chi connectivity index (χ4v) is 5.53. The number of ketones is 1. The molecule has 1 saturated heterocycles. The highest BCUT2D eigenvalue weighted by Gasteiger charge is 2.28. The molecule has 0 aliphatic carbocycles. The van der Waals surface area contributed by atoms with Crippen LogP contribution >= 0.6 is 0 Å². The molecule has 0 N–H and O–H groups in total. The number of amides is 1. The fraction of sp³-hybridized carbons (Fsp3) is 0.355. The van der Waals surface area contributed by atoms with Crippen LogP contribution in [0.1, 0.15) is 64.1 Å². The van der Waals surface area contributed by atoms with Crippen LogP contribution in [0.15, 0.2) is 66.4 Å². The van der Waals surface area contributed by atoms with Crippen LogP contribution in [0, 0.1) is 11.6 Å². The Kier molecular flexibility index (Phi) is 7.84. The SMILES string of the molecule is CN1CCC(=O)c2ccn(CCCCN3CCC(=C(c4ccc(F)cc4)c4ccc(F)cc4)CC3)c2C1=O. The van der Waals surface area contributed by atoms with Crippen molar-refractivity contribution in [3.8, 4) is 0 Å². The van der Waals surface area contributed by atoms with E-state index in [1.54, 1.807) is 42.3 Å². The molecule has 2 aliphatic rings. The zero-order chi connectivity index (χ0) is 26.6. The van der Waals surface area contributed by atoms with Crippen LogP contribution < -0.4 is 0 Å². The summed E-state index contributed by atoms with van der Waals surface area (Å²) in [4.78, 5) is 29.3. The molecule has 1 amide bonds. The number of carbonyl (C=O) groups excluding carboxylic acids is 2. The molecule has 0 radical (unpaired) electrons. The number of carbonyl (C=O) groups is 2. The number of benzene rings is 2. The van der Waals surface area contributed by atoms with Crippen molar-refractivity contribution in [1.29, 1.82) is 0 Å². The van der Waals surface area contributed by atoms with E-state index in [4.69, 9.17) is 0 Å². The van der Waals surface area contributed by atoms with E-state index < -0.39 is 0 Å². The monoisotopic (exact) mass is 517 g/mol. The minimum atomic E-state index is -0.272. The fourth-order valence-electron chi connectivity index (χ4n) is 5.53. The van der Waals surface area contributed by atoms with Gasteiger partial charge in [-0.2, -0.15) is 0 Å². The lowest BCUT2D eigenvalue weighted by molar-refractivity contribution is 0.0787. The number of likely N-dealkylation sites (tertiary alicyclic amines) is 1. The first-order chi connectivity index (χ1) is 18.4. The number of halogens is 2. The highest BCUT2D eigenvalue weighted by molar-refractivity contribution is 6.08. The molecule has 7 heteroatoms. The Labute approximate surface area is 222 Å². The van der Waals surface area contributed by atoms with Crippen molar-refractivity contribution in [3.63, 3.8) is 0 Å². The van der Waals surface area contributed by atoms with E-state index in [2.05, 4.69) is 4.90 Å². The molecule has 0 spiro atoms. The third-order valence-electron chi connectivity index (χ3n) is 7.69. The summed E-state index contributed by atoms with van der Waals surface area (Å²) >= 11 is 0. The van der Waals surface area contributed by atoms with Crippen molar-refractivity contribution in [2.24, 2.45) is 0 Å². The van der Waals surface area contributed by atoms with Gasteiger partial charge in [-0.3, -0.25) is 9.59 Å². The summed E-state index contributed by atoms with van der Waals surface area (Å²) in [6, 6.07) is 14.9. The molecule has 2 aliphatic heterocycles. The lowest BCUT2D eigenvalue weighted by atomic mass is 9.88. The van der Waals surface area contributed by atoms with Crippen molar-refractivity contribution in [2.45, 2.75) is 38.6 Å². The number of unbranched alkanes of at least 4 members (excludes halogenated alkanes) is 1. The molecule has 1 aromatic heterocycles. The molecule has 5 rings (SSSR count). The van der Waals surface area contributed by atoms with Crippen LogP contribution in [-0.2, 0) is 6.54 Å². The maximum absolute atomic E-state index is 13.6. The van der Waals surface area contributed by atoms with Crippen LogP contribution in [0.5, 0.6) is 0 Å². The Hall–Kier alpha value is -3.58. The third kappa shape index (κ3) is 5.63. The predicted molar refractivity (Wildman–Crippen MR) is 144 cm³/mol. The molecule has 0 unspecified atom stereocenters. The zero-order valence-corrected chi connectivity index (χ0v) is 21.8. The lowest BCUT2D eigenvalue weighted by Crippen LogP contribution is -2.32. The summed E-state index contributed by atoms with van der Waals surface area (Å²) in [7, 11) is 1.75. The molecule has 198 valence electrons. The van der Waals surface area contributed by atoms with Crippen LogP contribution in [0.4, 0.5) is 8.78 Å². The number of piperidine rings is 1. The van der Waals surface area contributed by atoms with Crippen LogP contribution in [-0.4, -0.2) is 59.3 Å². The molecule has 0 atom stereocenters. The number of fused-ring (bicyclic) bond motifs is 1. The van der Waals surface area contributed by atoms with Crippen molar-refractivity contribution < 1.29 is 18.4 Å². The van der Waals surface area contributed by atoms with E-state index in [-0.39, 0.29) is 23.3 Å². The zero-order valence-electron chi connectivity index (χ0n) is 21.8. The van der Waals surface area contributed by atoms with Gasteiger partial charge >= 0.3 is 0 Å². The summed E-state index contributed by atoms with van der Waals surface area (Å²) in [6.07, 6.45) is 5.95. The van der Waals surface area contributed by atoms with E-state index in [0.29, 0.717) is 30.8 Å². The molecule has 5 nitrogen and oxygen atoms in total. The summed E-state index contributed by atoms with van der Waals surface area (Å²) in [5.74, 6) is -0.587. The second kappa shape index (κ2) is 11.4. The normalized spacial score (nSPS) is 16.5. The highest BCUT2D eigenvalue weighted by Crippen LogP contribution is 2.33. The summed E-state index contributed by atoms with van der Waals surface area (Å²) in [5, 5.41) is 0. The van der Waals surface area contributed by atoms with Gasteiger partial charge in [0.05, 0.1) is 0 Å². The van der Waals surface area contributed by atoms with E-state index in [1.807, 2.05) is 10.8 Å². The standard InChI is InChI=1S/C31H33F2N3O2/c1-34-18-15-28(37)27-14-21-36(30(27)31(34)38)17-3-2-16-35-19-12-24(13-20-35)29(22-4-8-25(32)9-5-22)23-6-10-26(33)11-7-23/h4-11,14,21H,2-3,12-13,15-20H2,1H3. The van der Waals surface area contributed by atoms with Crippen molar-refractivity contribution in [1.82, 2.24) is 14.4 Å². The average molecular weight is 518 g/mol. The maximum Gasteiger partial charge on any atom is 0.270 e.